The van der Waals surface area contributed by atoms with Gasteiger partial charge in [0.1, 0.15) is 5.71 Å². The van der Waals surface area contributed by atoms with Gasteiger partial charge in [-0.1, -0.05) is 13.8 Å². The lowest BCUT2D eigenvalue weighted by atomic mass is 9.71. The lowest BCUT2D eigenvalue weighted by molar-refractivity contribution is -0.130. The van der Waals surface area contributed by atoms with Crippen LogP contribution in [0.25, 0.3) is 0 Å². The predicted octanol–water partition coefficient (Wildman–Crippen LogP) is 1.04. The van der Waals surface area contributed by atoms with Gasteiger partial charge in [-0.05, 0) is 31.1 Å². The van der Waals surface area contributed by atoms with Crippen molar-refractivity contribution >= 4 is 17.5 Å². The molecule has 0 unspecified atom stereocenters. The van der Waals surface area contributed by atoms with Gasteiger partial charge in [0.2, 0.25) is 5.91 Å². The van der Waals surface area contributed by atoms with Crippen molar-refractivity contribution in [3.63, 3.8) is 0 Å². The van der Waals surface area contributed by atoms with Gasteiger partial charge in [0.25, 0.3) is 5.91 Å². The van der Waals surface area contributed by atoms with Gasteiger partial charge in [-0.2, -0.15) is 5.10 Å². The molecule has 0 radical (unpaired) electrons. The molecule has 0 aromatic carbocycles. The molecule has 6 nitrogen and oxygen atoms in total. The molecule has 1 aliphatic carbocycles. The average molecular weight is 295 g/mol. The van der Waals surface area contributed by atoms with Crippen LogP contribution in [0, 0.1) is 5.41 Å². The van der Waals surface area contributed by atoms with Gasteiger partial charge in [-0.25, -0.2) is 5.01 Å². The second kappa shape index (κ2) is 5.75. The van der Waals surface area contributed by atoms with Crippen molar-refractivity contribution in [1.29, 1.82) is 0 Å². The molecule has 0 bridgehead atoms. The minimum atomic E-state index is -0.817. The Bertz CT molecular complexity index is 461. The van der Waals surface area contributed by atoms with Crippen LogP contribution in [0.1, 0.15) is 52.4 Å². The van der Waals surface area contributed by atoms with Crippen LogP contribution >= 0.6 is 0 Å². The molecule has 0 aromatic heterocycles. The van der Waals surface area contributed by atoms with Crippen LogP contribution in [0.3, 0.4) is 0 Å². The van der Waals surface area contributed by atoms with Crippen LogP contribution in [-0.4, -0.2) is 46.8 Å². The number of carbonyl (C=O) groups is 2. The molecule has 118 valence electrons. The summed E-state index contributed by atoms with van der Waals surface area (Å²) in [4.78, 5) is 23.4. The maximum Gasteiger partial charge on any atom is 0.267 e. The summed E-state index contributed by atoms with van der Waals surface area (Å²) < 4.78 is 0. The fourth-order valence-electron chi connectivity index (χ4n) is 2.75. The molecule has 2 aliphatic rings. The van der Waals surface area contributed by atoms with Gasteiger partial charge in [-0.15, -0.1) is 0 Å². The minimum Gasteiger partial charge on any atom is -0.388 e. The first kappa shape index (κ1) is 15.9. The van der Waals surface area contributed by atoms with E-state index in [2.05, 4.69) is 24.3 Å². The monoisotopic (exact) mass is 295 g/mol. The van der Waals surface area contributed by atoms with Crippen molar-refractivity contribution in [3.8, 4) is 0 Å². The van der Waals surface area contributed by atoms with Crippen LogP contribution < -0.4 is 5.32 Å². The van der Waals surface area contributed by atoms with E-state index < -0.39 is 5.60 Å². The molecular weight excluding hydrogens is 270 g/mol. The van der Waals surface area contributed by atoms with Crippen LogP contribution in [-0.2, 0) is 9.59 Å². The van der Waals surface area contributed by atoms with Crippen molar-refractivity contribution in [3.05, 3.63) is 0 Å². The van der Waals surface area contributed by atoms with Gasteiger partial charge in [0.15, 0.2) is 0 Å². The Hall–Kier alpha value is -1.43. The third kappa shape index (κ3) is 4.03. The van der Waals surface area contributed by atoms with E-state index in [-0.39, 0.29) is 23.8 Å². The normalized spacial score (nSPS) is 24.5. The van der Waals surface area contributed by atoms with E-state index in [1.807, 2.05) is 0 Å². The van der Waals surface area contributed by atoms with Gasteiger partial charge >= 0.3 is 0 Å². The van der Waals surface area contributed by atoms with E-state index in [0.29, 0.717) is 31.4 Å². The molecular formula is C15H25N3O3. The summed E-state index contributed by atoms with van der Waals surface area (Å²) in [5.74, 6) is -0.368. The van der Waals surface area contributed by atoms with Gasteiger partial charge < -0.3 is 10.4 Å². The molecule has 2 rings (SSSR count). The quantitative estimate of drug-likeness (QED) is 0.816. The summed E-state index contributed by atoms with van der Waals surface area (Å²) in [5.41, 5.74) is -0.189. The molecule has 21 heavy (non-hydrogen) atoms. The van der Waals surface area contributed by atoms with E-state index >= 15 is 0 Å². The third-order valence-corrected chi connectivity index (χ3v) is 4.58. The van der Waals surface area contributed by atoms with Crippen molar-refractivity contribution in [1.82, 2.24) is 10.3 Å². The van der Waals surface area contributed by atoms with Crippen molar-refractivity contribution in [2.45, 2.75) is 58.0 Å². The zero-order valence-corrected chi connectivity index (χ0v) is 13.1. The maximum atomic E-state index is 12.1. The summed E-state index contributed by atoms with van der Waals surface area (Å²) in [6, 6.07) is 0. The van der Waals surface area contributed by atoms with E-state index in [0.717, 1.165) is 12.8 Å². The van der Waals surface area contributed by atoms with E-state index in [4.69, 9.17) is 0 Å². The topological polar surface area (TPSA) is 82.0 Å². The molecule has 1 heterocycles. The summed E-state index contributed by atoms with van der Waals surface area (Å²) in [6.07, 6.45) is 3.98. The highest BCUT2D eigenvalue weighted by atomic mass is 16.3. The molecule has 0 spiro atoms. The fraction of sp³-hybridized carbons (Fsp3) is 0.800. The van der Waals surface area contributed by atoms with Crippen LogP contribution in [0.5, 0.6) is 0 Å². The maximum absolute atomic E-state index is 12.1. The molecule has 0 atom stereocenters. The zero-order valence-electron chi connectivity index (χ0n) is 13.1. The number of hydrogen-bond acceptors (Lipinski definition) is 4. The average Bonchev–Trinajstić information content (AvgIpc) is 2.43. The number of hydrogen-bond donors (Lipinski definition) is 2. The van der Waals surface area contributed by atoms with Crippen molar-refractivity contribution < 1.29 is 14.7 Å². The standard InChI is InChI=1S/C15H25N3O3/c1-14(2)6-8-15(21,9-7-14)10-16-13(20)11-4-5-12(19)18(3)17-11/h21H,4-10H2,1-3H3,(H,16,20). The van der Waals surface area contributed by atoms with E-state index in [1.54, 1.807) is 7.05 Å². The first-order valence-corrected chi connectivity index (χ1v) is 7.55. The SMILES string of the molecule is CN1N=C(C(=O)NCC2(O)CCC(C)(C)CC2)CCC1=O. The van der Waals surface area contributed by atoms with Gasteiger partial charge in [-0.3, -0.25) is 9.59 Å². The predicted molar refractivity (Wildman–Crippen MR) is 79.6 cm³/mol. The van der Waals surface area contributed by atoms with Crippen LogP contribution in [0.2, 0.25) is 0 Å². The highest BCUT2D eigenvalue weighted by Crippen LogP contribution is 2.39. The molecule has 1 fully saturated rings. The Morgan fingerprint density at radius 1 is 1.29 bits per heavy atom. The Labute approximate surface area is 125 Å². The van der Waals surface area contributed by atoms with Crippen LogP contribution in [0.15, 0.2) is 5.10 Å². The fourth-order valence-corrected chi connectivity index (χ4v) is 2.75. The highest BCUT2D eigenvalue weighted by molar-refractivity contribution is 6.39. The highest BCUT2D eigenvalue weighted by Gasteiger charge is 2.37. The summed E-state index contributed by atoms with van der Waals surface area (Å²) in [6.45, 7) is 4.65. The molecule has 6 heteroatoms. The first-order valence-electron chi connectivity index (χ1n) is 7.55. The molecule has 0 aromatic rings. The smallest absolute Gasteiger partial charge is 0.267 e. The number of nitrogens with one attached hydrogen (secondary N) is 1. The van der Waals surface area contributed by atoms with Gasteiger partial charge in [0.05, 0.1) is 5.60 Å². The van der Waals surface area contributed by atoms with Gasteiger partial charge in [0, 0.05) is 26.4 Å². The molecule has 2 N–H and O–H groups in total. The zero-order chi connectivity index (χ0) is 15.7. The number of nitrogens with zero attached hydrogens (tertiary/aromatic N) is 2. The van der Waals surface area contributed by atoms with Crippen LogP contribution in [0.4, 0.5) is 0 Å². The minimum absolute atomic E-state index is 0.0836. The van der Waals surface area contributed by atoms with E-state index in [1.165, 1.54) is 5.01 Å². The third-order valence-electron chi connectivity index (χ3n) is 4.58. The molecule has 1 saturated carbocycles. The van der Waals surface area contributed by atoms with E-state index in [9.17, 15) is 14.7 Å². The lowest BCUT2D eigenvalue weighted by Crippen LogP contribution is -2.48. The largest absolute Gasteiger partial charge is 0.388 e. The molecule has 0 saturated heterocycles. The molecule has 1 aliphatic heterocycles. The Morgan fingerprint density at radius 3 is 2.48 bits per heavy atom. The lowest BCUT2D eigenvalue weighted by Gasteiger charge is -2.40. The van der Waals surface area contributed by atoms with Crippen molar-refractivity contribution in [2.24, 2.45) is 10.5 Å². The summed E-state index contributed by atoms with van der Waals surface area (Å²) in [5, 5.41) is 18.5. The molecule has 2 amide bonds. The first-order chi connectivity index (χ1) is 9.71. The second-order valence-corrected chi connectivity index (χ2v) is 7.04. The number of carbonyl (C=O) groups excluding carboxylic acids is 2. The summed E-state index contributed by atoms with van der Waals surface area (Å²) >= 11 is 0. The summed E-state index contributed by atoms with van der Waals surface area (Å²) in [7, 11) is 1.55. The van der Waals surface area contributed by atoms with Crippen molar-refractivity contribution in [2.75, 3.05) is 13.6 Å². The number of aliphatic hydroxyl groups is 1. The Kier molecular flexibility index (Phi) is 4.37. The number of amides is 2. The second-order valence-electron chi connectivity index (χ2n) is 7.04. The Balaban J connectivity index is 1.87. The number of hydrazone groups is 1. The number of rotatable bonds is 3. The Morgan fingerprint density at radius 2 is 1.90 bits per heavy atom.